The maximum atomic E-state index is 6.21. The predicted molar refractivity (Wildman–Crippen MR) is 92.5 cm³/mol. The molecule has 2 nitrogen and oxygen atoms in total. The highest BCUT2D eigenvalue weighted by Crippen LogP contribution is 2.37. The number of aryl methyl sites for hydroxylation is 1. The lowest BCUT2D eigenvalue weighted by atomic mass is 9.83. The summed E-state index contributed by atoms with van der Waals surface area (Å²) in [5.41, 5.74) is 5.50. The molecule has 1 atom stereocenters. The topological polar surface area (TPSA) is 8.17 Å². The minimum absolute atomic E-state index is 0.386. The lowest BCUT2D eigenvalue weighted by molar-refractivity contribution is 0.297. The summed E-state index contributed by atoms with van der Waals surface area (Å²) >= 11 is 6.21. The molecule has 1 aromatic heterocycles. The van der Waals surface area contributed by atoms with E-state index >= 15 is 0 Å². The van der Waals surface area contributed by atoms with Crippen molar-refractivity contribution in [3.05, 3.63) is 70.4 Å². The average Bonchev–Trinajstić information content (AvgIpc) is 2.88. The van der Waals surface area contributed by atoms with Gasteiger partial charge in [0.05, 0.1) is 0 Å². The first-order valence-corrected chi connectivity index (χ1v) is 8.02. The molecule has 4 rings (SSSR count). The van der Waals surface area contributed by atoms with Gasteiger partial charge in [-0.3, -0.25) is 0 Å². The summed E-state index contributed by atoms with van der Waals surface area (Å²) in [7, 11) is 4.30. The monoisotopic (exact) mass is 310 g/mol. The molecule has 2 heterocycles. The number of hydrogen-bond donors (Lipinski definition) is 0. The molecule has 0 fully saturated rings. The fourth-order valence-corrected chi connectivity index (χ4v) is 3.88. The standard InChI is InChI=1S/C19H19ClN2/c1-21-11-17(13-4-3-5-14(20)10-13)15-6-7-19-16(18(15)12-21)8-9-22(19)2/h3-10,17H,11-12H2,1-2H3. The molecule has 3 aromatic rings. The highest BCUT2D eigenvalue weighted by molar-refractivity contribution is 6.30. The summed E-state index contributed by atoms with van der Waals surface area (Å²) in [5.74, 6) is 0.386. The highest BCUT2D eigenvalue weighted by atomic mass is 35.5. The number of fused-ring (bicyclic) bond motifs is 3. The van der Waals surface area contributed by atoms with Crippen molar-refractivity contribution in [3.63, 3.8) is 0 Å². The second kappa shape index (κ2) is 5.15. The molecule has 0 saturated heterocycles. The molecular weight excluding hydrogens is 292 g/mol. The Hall–Kier alpha value is -1.77. The lowest BCUT2D eigenvalue weighted by Gasteiger charge is -2.33. The Morgan fingerprint density at radius 1 is 1.09 bits per heavy atom. The molecule has 0 spiro atoms. The Kier molecular flexibility index (Phi) is 3.24. The second-order valence-corrected chi connectivity index (χ2v) is 6.73. The van der Waals surface area contributed by atoms with Gasteiger partial charge in [0.15, 0.2) is 0 Å². The van der Waals surface area contributed by atoms with E-state index in [9.17, 15) is 0 Å². The van der Waals surface area contributed by atoms with Crippen LogP contribution in [0.3, 0.4) is 0 Å². The van der Waals surface area contributed by atoms with E-state index in [4.69, 9.17) is 11.6 Å². The minimum Gasteiger partial charge on any atom is -0.351 e. The maximum absolute atomic E-state index is 6.21. The van der Waals surface area contributed by atoms with E-state index in [1.165, 1.54) is 27.6 Å². The normalized spacial score (nSPS) is 18.6. The van der Waals surface area contributed by atoms with Crippen LogP contribution >= 0.6 is 11.6 Å². The molecule has 3 heteroatoms. The molecule has 112 valence electrons. The molecule has 1 unspecified atom stereocenters. The van der Waals surface area contributed by atoms with E-state index in [1.54, 1.807) is 0 Å². The molecule has 0 N–H and O–H groups in total. The molecule has 0 amide bonds. The minimum atomic E-state index is 0.386. The van der Waals surface area contributed by atoms with Crippen LogP contribution in [0.2, 0.25) is 5.02 Å². The number of hydrogen-bond acceptors (Lipinski definition) is 1. The van der Waals surface area contributed by atoms with E-state index in [2.05, 4.69) is 60.1 Å². The van der Waals surface area contributed by atoms with E-state index in [-0.39, 0.29) is 0 Å². The Labute approximate surface area is 135 Å². The lowest BCUT2D eigenvalue weighted by Crippen LogP contribution is -2.31. The van der Waals surface area contributed by atoms with Gasteiger partial charge in [0.2, 0.25) is 0 Å². The quantitative estimate of drug-likeness (QED) is 0.646. The molecule has 0 radical (unpaired) electrons. The number of benzene rings is 2. The molecule has 22 heavy (non-hydrogen) atoms. The molecule has 1 aliphatic rings. The van der Waals surface area contributed by atoms with Crippen LogP contribution in [0.25, 0.3) is 10.9 Å². The fourth-order valence-electron chi connectivity index (χ4n) is 3.69. The van der Waals surface area contributed by atoms with Crippen molar-refractivity contribution in [2.24, 2.45) is 7.05 Å². The van der Waals surface area contributed by atoms with Crippen LogP contribution in [-0.4, -0.2) is 23.1 Å². The summed E-state index contributed by atoms with van der Waals surface area (Å²) in [6.45, 7) is 2.04. The number of likely N-dealkylation sites (N-methyl/N-ethyl adjacent to an activating group) is 1. The fraction of sp³-hybridized carbons (Fsp3) is 0.263. The first-order chi connectivity index (χ1) is 10.6. The van der Waals surface area contributed by atoms with Crippen molar-refractivity contribution in [3.8, 4) is 0 Å². The van der Waals surface area contributed by atoms with E-state index in [0.717, 1.165) is 18.1 Å². The van der Waals surface area contributed by atoms with Gasteiger partial charge in [-0.2, -0.15) is 0 Å². The summed E-state index contributed by atoms with van der Waals surface area (Å²) in [5, 5.41) is 2.19. The molecular formula is C19H19ClN2. The van der Waals surface area contributed by atoms with E-state index < -0.39 is 0 Å². The molecule has 1 aliphatic heterocycles. The SMILES string of the molecule is CN1Cc2c(ccc3c2ccn3C)C(c2cccc(Cl)c2)C1. The molecule has 0 bridgehead atoms. The van der Waals surface area contributed by atoms with Crippen molar-refractivity contribution in [1.29, 1.82) is 0 Å². The summed E-state index contributed by atoms with van der Waals surface area (Å²) in [6, 6.07) is 15.1. The highest BCUT2D eigenvalue weighted by Gasteiger charge is 2.26. The zero-order valence-corrected chi connectivity index (χ0v) is 13.6. The summed E-state index contributed by atoms with van der Waals surface area (Å²) in [4.78, 5) is 2.40. The largest absolute Gasteiger partial charge is 0.351 e. The molecule has 0 aliphatic carbocycles. The van der Waals surface area contributed by atoms with Gasteiger partial charge in [0.25, 0.3) is 0 Å². The van der Waals surface area contributed by atoms with Crippen molar-refractivity contribution in [2.75, 3.05) is 13.6 Å². The van der Waals surface area contributed by atoms with Gasteiger partial charge in [0, 0.05) is 48.2 Å². The van der Waals surface area contributed by atoms with Gasteiger partial charge in [-0.15, -0.1) is 0 Å². The predicted octanol–water partition coefficient (Wildman–Crippen LogP) is 4.41. The van der Waals surface area contributed by atoms with Crippen molar-refractivity contribution < 1.29 is 0 Å². The Balaban J connectivity index is 1.92. The van der Waals surface area contributed by atoms with E-state index in [0.29, 0.717) is 5.92 Å². The van der Waals surface area contributed by atoms with Gasteiger partial charge in [-0.25, -0.2) is 0 Å². The molecule has 0 saturated carbocycles. The van der Waals surface area contributed by atoms with Crippen LogP contribution in [0.15, 0.2) is 48.7 Å². The van der Waals surface area contributed by atoms with Crippen LogP contribution in [-0.2, 0) is 13.6 Å². The van der Waals surface area contributed by atoms with Gasteiger partial charge in [-0.05, 0) is 48.0 Å². The Morgan fingerprint density at radius 3 is 2.77 bits per heavy atom. The smallest absolute Gasteiger partial charge is 0.0481 e. The summed E-state index contributed by atoms with van der Waals surface area (Å²) in [6.07, 6.45) is 2.15. The Morgan fingerprint density at radius 2 is 1.95 bits per heavy atom. The number of aromatic nitrogens is 1. The van der Waals surface area contributed by atoms with E-state index in [1.807, 2.05) is 12.1 Å². The van der Waals surface area contributed by atoms with Crippen molar-refractivity contribution >= 4 is 22.5 Å². The number of rotatable bonds is 1. The number of halogens is 1. The van der Waals surface area contributed by atoms with Gasteiger partial charge in [0.1, 0.15) is 0 Å². The van der Waals surface area contributed by atoms with Crippen LogP contribution in [0.1, 0.15) is 22.6 Å². The van der Waals surface area contributed by atoms with Gasteiger partial charge in [-0.1, -0.05) is 29.8 Å². The molecule has 2 aromatic carbocycles. The first kappa shape index (κ1) is 13.9. The first-order valence-electron chi connectivity index (χ1n) is 7.64. The van der Waals surface area contributed by atoms with Gasteiger partial charge < -0.3 is 9.47 Å². The third-order valence-electron chi connectivity index (χ3n) is 4.76. The van der Waals surface area contributed by atoms with Crippen LogP contribution in [0.5, 0.6) is 0 Å². The third kappa shape index (κ3) is 2.15. The second-order valence-electron chi connectivity index (χ2n) is 6.30. The average molecular weight is 311 g/mol. The maximum Gasteiger partial charge on any atom is 0.0481 e. The number of nitrogens with zero attached hydrogens (tertiary/aromatic N) is 2. The third-order valence-corrected chi connectivity index (χ3v) is 5.00. The van der Waals surface area contributed by atoms with Crippen molar-refractivity contribution in [1.82, 2.24) is 9.47 Å². The van der Waals surface area contributed by atoms with Crippen LogP contribution in [0.4, 0.5) is 0 Å². The van der Waals surface area contributed by atoms with Crippen LogP contribution in [0, 0.1) is 0 Å². The zero-order valence-electron chi connectivity index (χ0n) is 12.9. The Bertz CT molecular complexity index is 850. The van der Waals surface area contributed by atoms with Crippen LogP contribution < -0.4 is 0 Å². The van der Waals surface area contributed by atoms with Crippen molar-refractivity contribution in [2.45, 2.75) is 12.5 Å². The van der Waals surface area contributed by atoms with Gasteiger partial charge >= 0.3 is 0 Å². The summed E-state index contributed by atoms with van der Waals surface area (Å²) < 4.78 is 2.19. The zero-order chi connectivity index (χ0) is 15.3.